The minimum Gasteiger partial charge on any atom is -0.478 e. The second-order valence-corrected chi connectivity index (χ2v) is 9.55. The monoisotopic (exact) mass is 506 g/mol. The number of hydrogen-bond acceptors (Lipinski definition) is 1. The fourth-order valence-electron chi connectivity index (χ4n) is 5.10. The van der Waals surface area contributed by atoms with E-state index in [1.807, 2.05) is 24.3 Å². The van der Waals surface area contributed by atoms with E-state index in [2.05, 4.69) is 11.3 Å². The van der Waals surface area contributed by atoms with Gasteiger partial charge in [0.25, 0.3) is 0 Å². The van der Waals surface area contributed by atoms with Crippen molar-refractivity contribution in [3.63, 3.8) is 0 Å². The van der Waals surface area contributed by atoms with Crippen LogP contribution in [-0.4, -0.2) is 12.8 Å². The molecule has 1 fully saturated rings. The van der Waals surface area contributed by atoms with E-state index in [-0.39, 0.29) is 24.2 Å². The lowest BCUT2D eigenvalue weighted by molar-refractivity contribution is -0.154. The maximum atomic E-state index is 15.2. The second kappa shape index (κ2) is 11.0. The van der Waals surface area contributed by atoms with Crippen molar-refractivity contribution < 1.29 is 31.1 Å². The van der Waals surface area contributed by atoms with Crippen LogP contribution in [0.5, 0.6) is 5.75 Å². The van der Waals surface area contributed by atoms with Gasteiger partial charge in [-0.1, -0.05) is 36.4 Å². The Morgan fingerprint density at radius 1 is 0.889 bits per heavy atom. The Labute approximate surface area is 206 Å². The van der Waals surface area contributed by atoms with Crippen molar-refractivity contribution in [2.75, 3.05) is 6.61 Å². The van der Waals surface area contributed by atoms with Crippen LogP contribution < -0.4 is 4.74 Å². The molecular weight excluding hydrogens is 478 g/mol. The second-order valence-electron chi connectivity index (χ2n) is 9.55. The van der Waals surface area contributed by atoms with E-state index in [1.165, 1.54) is 18.4 Å². The van der Waals surface area contributed by atoms with Gasteiger partial charge in [-0.2, -0.15) is 13.2 Å². The molecule has 0 bridgehead atoms. The molecule has 0 heterocycles. The molecule has 1 aliphatic rings. The van der Waals surface area contributed by atoms with Crippen LogP contribution >= 0.6 is 0 Å². The van der Waals surface area contributed by atoms with E-state index in [4.69, 9.17) is 0 Å². The first-order chi connectivity index (χ1) is 17.1. The number of allylic oxidation sites excluding steroid dienone is 1. The Kier molecular flexibility index (Phi) is 7.96. The smallest absolute Gasteiger partial charge is 0.422 e. The first-order valence-electron chi connectivity index (χ1n) is 12.1. The summed E-state index contributed by atoms with van der Waals surface area (Å²) in [6.45, 7) is 2.04. The molecular formula is C29H28F6O. The molecule has 1 saturated carbocycles. The van der Waals surface area contributed by atoms with E-state index in [0.717, 1.165) is 36.8 Å². The Hall–Kier alpha value is -2.96. The highest BCUT2D eigenvalue weighted by Gasteiger charge is 2.30. The number of fused-ring (bicyclic) bond motifs is 1. The van der Waals surface area contributed by atoms with Gasteiger partial charge in [-0.05, 0) is 91.0 Å². The van der Waals surface area contributed by atoms with Crippen molar-refractivity contribution in [3.05, 3.63) is 89.3 Å². The van der Waals surface area contributed by atoms with Gasteiger partial charge in [-0.25, -0.2) is 13.2 Å². The molecule has 4 rings (SSSR count). The lowest BCUT2D eigenvalue weighted by Crippen LogP contribution is -2.20. The van der Waals surface area contributed by atoms with E-state index in [0.29, 0.717) is 22.8 Å². The summed E-state index contributed by atoms with van der Waals surface area (Å²) in [4.78, 5) is 0. The quantitative estimate of drug-likeness (QED) is 0.219. The fourth-order valence-corrected chi connectivity index (χ4v) is 5.10. The molecule has 3 aromatic rings. The van der Waals surface area contributed by atoms with Gasteiger partial charge >= 0.3 is 6.18 Å². The minimum atomic E-state index is -4.71. The van der Waals surface area contributed by atoms with Crippen LogP contribution in [0.2, 0.25) is 0 Å². The number of ether oxygens (including phenoxy) is 1. The summed E-state index contributed by atoms with van der Waals surface area (Å²) in [5.41, 5.74) is 1.81. The molecule has 0 amide bonds. The molecule has 0 spiro atoms. The largest absolute Gasteiger partial charge is 0.478 e. The molecule has 0 radical (unpaired) electrons. The van der Waals surface area contributed by atoms with E-state index >= 15 is 4.39 Å². The third kappa shape index (κ3) is 6.23. The predicted octanol–water partition coefficient (Wildman–Crippen LogP) is 8.83. The van der Waals surface area contributed by atoms with Crippen LogP contribution in [0.1, 0.15) is 54.7 Å². The fraction of sp³-hybridized carbons (Fsp3) is 0.379. The Morgan fingerprint density at radius 2 is 1.58 bits per heavy atom. The molecule has 0 saturated heterocycles. The molecule has 0 aromatic heterocycles. The van der Waals surface area contributed by atoms with Crippen LogP contribution in [-0.2, 0) is 12.8 Å². The van der Waals surface area contributed by atoms with Crippen molar-refractivity contribution in [1.82, 2.24) is 0 Å². The zero-order chi connectivity index (χ0) is 25.9. The normalized spacial score (nSPS) is 18.4. The first kappa shape index (κ1) is 26.1. The van der Waals surface area contributed by atoms with Crippen LogP contribution in [0, 0.1) is 23.4 Å². The zero-order valence-corrected chi connectivity index (χ0v) is 19.8. The van der Waals surface area contributed by atoms with Gasteiger partial charge in [-0.3, -0.25) is 0 Å². The summed E-state index contributed by atoms with van der Waals surface area (Å²) < 4.78 is 84.6. The van der Waals surface area contributed by atoms with Gasteiger partial charge in [-0.15, -0.1) is 6.58 Å². The van der Waals surface area contributed by atoms with Crippen molar-refractivity contribution in [2.45, 2.75) is 57.0 Å². The molecule has 3 aromatic carbocycles. The summed E-state index contributed by atoms with van der Waals surface area (Å²) in [6, 6.07) is 11.2. The maximum Gasteiger partial charge on any atom is 0.422 e. The third-order valence-electron chi connectivity index (χ3n) is 7.00. The van der Waals surface area contributed by atoms with Gasteiger partial charge in [0.05, 0.1) is 0 Å². The zero-order valence-electron chi connectivity index (χ0n) is 19.8. The number of alkyl halides is 3. The molecule has 7 heteroatoms. The van der Waals surface area contributed by atoms with Gasteiger partial charge in [0.15, 0.2) is 24.0 Å². The van der Waals surface area contributed by atoms with Gasteiger partial charge < -0.3 is 4.74 Å². The Balaban J connectivity index is 1.44. The Bertz CT molecular complexity index is 1200. The molecule has 192 valence electrons. The molecule has 36 heavy (non-hydrogen) atoms. The molecule has 0 unspecified atom stereocenters. The Morgan fingerprint density at radius 3 is 2.22 bits per heavy atom. The molecule has 0 N–H and O–H groups in total. The SMILES string of the molecule is C=CCC1CCC(c2ccc3c(F)c(CCc4cc(F)c(OCC(F)(F)F)c(F)c4)ccc3c2)CC1. The highest BCUT2D eigenvalue weighted by Crippen LogP contribution is 2.38. The lowest BCUT2D eigenvalue weighted by atomic mass is 9.77. The van der Waals surface area contributed by atoms with Crippen LogP contribution in [0.25, 0.3) is 10.8 Å². The maximum absolute atomic E-state index is 15.2. The van der Waals surface area contributed by atoms with E-state index < -0.39 is 30.2 Å². The number of halogens is 6. The number of aryl methyl sites for hydroxylation is 2. The van der Waals surface area contributed by atoms with Crippen LogP contribution in [0.3, 0.4) is 0 Å². The van der Waals surface area contributed by atoms with Crippen molar-refractivity contribution >= 4 is 10.8 Å². The van der Waals surface area contributed by atoms with Gasteiger partial charge in [0.2, 0.25) is 0 Å². The summed E-state index contributed by atoms with van der Waals surface area (Å²) >= 11 is 0. The molecule has 1 aliphatic carbocycles. The average Bonchev–Trinajstić information content (AvgIpc) is 2.83. The molecule has 1 nitrogen and oxygen atoms in total. The standard InChI is InChI=1S/C29H28F6O/c1-2-3-18-4-7-20(8-5-18)22-12-13-24-23(16-22)11-10-21(27(24)32)9-6-19-14-25(30)28(26(31)15-19)36-17-29(33,34)35/h2,10-16,18,20H,1,3-9,17H2. The van der Waals surface area contributed by atoms with Gasteiger partial charge in [0, 0.05) is 5.39 Å². The summed E-state index contributed by atoms with van der Waals surface area (Å²) in [7, 11) is 0. The highest BCUT2D eigenvalue weighted by atomic mass is 19.4. The minimum absolute atomic E-state index is 0.113. The number of hydrogen-bond donors (Lipinski definition) is 0. The third-order valence-corrected chi connectivity index (χ3v) is 7.00. The predicted molar refractivity (Wildman–Crippen MR) is 129 cm³/mol. The molecule has 0 aliphatic heterocycles. The van der Waals surface area contributed by atoms with Crippen LogP contribution in [0.15, 0.2) is 55.1 Å². The van der Waals surface area contributed by atoms with E-state index in [9.17, 15) is 22.0 Å². The summed E-state index contributed by atoms with van der Waals surface area (Å²) in [5, 5.41) is 1.30. The highest BCUT2D eigenvalue weighted by molar-refractivity contribution is 5.84. The summed E-state index contributed by atoms with van der Waals surface area (Å²) in [5.74, 6) is -2.73. The van der Waals surface area contributed by atoms with Gasteiger partial charge in [0.1, 0.15) is 5.82 Å². The van der Waals surface area contributed by atoms with Crippen LogP contribution in [0.4, 0.5) is 26.3 Å². The first-order valence-corrected chi connectivity index (χ1v) is 12.1. The molecule has 0 atom stereocenters. The van der Waals surface area contributed by atoms with Crippen molar-refractivity contribution in [1.29, 1.82) is 0 Å². The van der Waals surface area contributed by atoms with Crippen molar-refractivity contribution in [2.24, 2.45) is 5.92 Å². The number of benzene rings is 3. The average molecular weight is 507 g/mol. The lowest BCUT2D eigenvalue weighted by Gasteiger charge is -2.28. The number of rotatable bonds is 8. The van der Waals surface area contributed by atoms with Crippen molar-refractivity contribution in [3.8, 4) is 5.75 Å². The topological polar surface area (TPSA) is 9.23 Å². The summed E-state index contributed by atoms with van der Waals surface area (Å²) in [6.07, 6.45) is 3.16. The van der Waals surface area contributed by atoms with E-state index in [1.54, 1.807) is 12.1 Å².